The molecule has 0 aromatic heterocycles. The first-order valence-electron chi connectivity index (χ1n) is 8.05. The van der Waals surface area contributed by atoms with E-state index in [-0.39, 0.29) is 11.7 Å². The molecule has 140 valence electrons. The van der Waals surface area contributed by atoms with Crippen molar-refractivity contribution in [3.63, 3.8) is 0 Å². The van der Waals surface area contributed by atoms with E-state index < -0.39 is 0 Å². The van der Waals surface area contributed by atoms with E-state index in [1.807, 2.05) is 6.92 Å². The zero-order valence-electron chi connectivity index (χ0n) is 14.6. The minimum absolute atomic E-state index is 0.249. The van der Waals surface area contributed by atoms with Crippen LogP contribution in [0, 0.1) is 5.82 Å². The quantitative estimate of drug-likeness (QED) is 0.658. The van der Waals surface area contributed by atoms with Crippen LogP contribution in [0.15, 0.2) is 50.8 Å². The van der Waals surface area contributed by atoms with Crippen LogP contribution in [-0.4, -0.2) is 24.8 Å². The van der Waals surface area contributed by atoms with Gasteiger partial charge in [0.2, 0.25) is 0 Å². The number of ether oxygens (including phenoxy) is 2. The minimum atomic E-state index is -0.336. The predicted octanol–water partition coefficient (Wildman–Crippen LogP) is 4.89. The lowest BCUT2D eigenvalue weighted by Gasteiger charge is -2.11. The van der Waals surface area contributed by atoms with Crippen LogP contribution in [0.2, 0.25) is 0 Å². The Labute approximate surface area is 168 Å². The summed E-state index contributed by atoms with van der Waals surface area (Å²) < 4.78 is 24.7. The molecule has 0 saturated carbocycles. The summed E-state index contributed by atoms with van der Waals surface area (Å²) in [7, 11) is 1.56. The van der Waals surface area contributed by atoms with Gasteiger partial charge in [-0.3, -0.25) is 4.79 Å². The second-order valence-electron chi connectivity index (χ2n) is 5.42. The Morgan fingerprint density at radius 3 is 2.67 bits per heavy atom. The fraction of sp³-hybridized carbons (Fsp3) is 0.158. The van der Waals surface area contributed by atoms with E-state index in [0.717, 1.165) is 10.0 Å². The van der Waals surface area contributed by atoms with Gasteiger partial charge in [0.05, 0.1) is 24.3 Å². The molecule has 1 saturated heterocycles. The normalized spacial score (nSPS) is 16.7. The molecule has 0 spiro atoms. The van der Waals surface area contributed by atoms with Crippen LogP contribution in [0.25, 0.3) is 6.08 Å². The summed E-state index contributed by atoms with van der Waals surface area (Å²) in [4.78, 5) is 17.1. The molecular weight excluding hydrogens is 435 g/mol. The van der Waals surface area contributed by atoms with Crippen molar-refractivity contribution in [1.29, 1.82) is 0 Å². The fourth-order valence-electron chi connectivity index (χ4n) is 2.34. The highest BCUT2D eigenvalue weighted by atomic mass is 79.9. The highest BCUT2D eigenvalue weighted by Crippen LogP contribution is 2.36. The standard InChI is InChI=1S/C19H16BrFN2O3S/c1-3-26-16-10-14(20)11(8-15(16)25-2)9-17-18(24)23-19(27-17)22-13-6-4-12(21)5-7-13/h4-10H,3H2,1-2H3,(H,22,23,24)/b17-9+. The number of methoxy groups -OCH3 is 1. The van der Waals surface area contributed by atoms with Crippen molar-refractivity contribution in [2.45, 2.75) is 6.92 Å². The number of hydrogen-bond donors (Lipinski definition) is 1. The second kappa shape index (κ2) is 8.58. The third kappa shape index (κ3) is 4.70. The molecule has 1 amide bonds. The van der Waals surface area contributed by atoms with Crippen molar-refractivity contribution >= 4 is 50.5 Å². The van der Waals surface area contributed by atoms with Gasteiger partial charge >= 0.3 is 0 Å². The van der Waals surface area contributed by atoms with E-state index in [1.165, 1.54) is 23.9 Å². The number of aliphatic imine (C=N–C) groups is 1. The Kier molecular flexibility index (Phi) is 6.18. The van der Waals surface area contributed by atoms with E-state index in [1.54, 1.807) is 37.5 Å². The van der Waals surface area contributed by atoms with Gasteiger partial charge in [0.1, 0.15) is 5.82 Å². The Morgan fingerprint density at radius 2 is 2.00 bits per heavy atom. The average molecular weight is 451 g/mol. The summed E-state index contributed by atoms with van der Waals surface area (Å²) in [6.07, 6.45) is 1.75. The first-order chi connectivity index (χ1) is 13.0. The molecule has 3 rings (SSSR count). The number of thioether (sulfide) groups is 1. The van der Waals surface area contributed by atoms with Crippen LogP contribution in [0.5, 0.6) is 11.5 Å². The summed E-state index contributed by atoms with van der Waals surface area (Å²) in [5.74, 6) is 0.615. The van der Waals surface area contributed by atoms with Crippen molar-refractivity contribution in [1.82, 2.24) is 5.32 Å². The maximum atomic E-state index is 13.0. The first kappa shape index (κ1) is 19.4. The molecule has 5 nitrogen and oxygen atoms in total. The number of halogens is 2. The van der Waals surface area contributed by atoms with Crippen molar-refractivity contribution in [2.24, 2.45) is 4.99 Å². The van der Waals surface area contributed by atoms with Crippen molar-refractivity contribution in [3.8, 4) is 11.5 Å². The molecule has 0 bridgehead atoms. The zero-order chi connectivity index (χ0) is 19.4. The first-order valence-corrected chi connectivity index (χ1v) is 9.66. The third-order valence-corrected chi connectivity index (χ3v) is 5.17. The lowest BCUT2D eigenvalue weighted by Crippen LogP contribution is -2.19. The lowest BCUT2D eigenvalue weighted by atomic mass is 10.2. The van der Waals surface area contributed by atoms with E-state index in [0.29, 0.717) is 33.9 Å². The molecule has 1 fully saturated rings. The molecule has 2 aromatic rings. The van der Waals surface area contributed by atoms with Crippen molar-refractivity contribution in [3.05, 3.63) is 57.2 Å². The van der Waals surface area contributed by atoms with Crippen LogP contribution >= 0.6 is 27.7 Å². The molecule has 0 atom stereocenters. The van der Waals surface area contributed by atoms with Crippen LogP contribution in [0.3, 0.4) is 0 Å². The Morgan fingerprint density at radius 1 is 1.26 bits per heavy atom. The highest BCUT2D eigenvalue weighted by Gasteiger charge is 2.24. The number of carbonyl (C=O) groups excluding carboxylic acids is 1. The summed E-state index contributed by atoms with van der Waals surface area (Å²) in [6, 6.07) is 9.34. The van der Waals surface area contributed by atoms with E-state index in [9.17, 15) is 9.18 Å². The SMILES string of the molecule is CCOc1cc(Br)c(/C=C2/SC(=Nc3ccc(F)cc3)NC2=O)cc1OC. The number of nitrogens with zero attached hydrogens (tertiary/aromatic N) is 1. The number of benzene rings is 2. The van der Waals surface area contributed by atoms with Gasteiger partial charge in [0, 0.05) is 4.47 Å². The molecular formula is C19H16BrFN2O3S. The minimum Gasteiger partial charge on any atom is -0.493 e. The molecule has 0 unspecified atom stereocenters. The van der Waals surface area contributed by atoms with Gasteiger partial charge in [0.25, 0.3) is 5.91 Å². The van der Waals surface area contributed by atoms with Gasteiger partial charge in [-0.25, -0.2) is 9.38 Å². The lowest BCUT2D eigenvalue weighted by molar-refractivity contribution is -0.115. The Hall–Kier alpha value is -2.32. The molecule has 1 N–H and O–H groups in total. The molecule has 1 heterocycles. The summed E-state index contributed by atoms with van der Waals surface area (Å²) in [5.41, 5.74) is 1.33. The van der Waals surface area contributed by atoms with Gasteiger partial charge in [-0.1, -0.05) is 15.9 Å². The van der Waals surface area contributed by atoms with Crippen molar-refractivity contribution < 1.29 is 18.7 Å². The van der Waals surface area contributed by atoms with Crippen LogP contribution < -0.4 is 14.8 Å². The third-order valence-electron chi connectivity index (χ3n) is 3.58. The Balaban J connectivity index is 1.87. The van der Waals surface area contributed by atoms with Crippen LogP contribution in [-0.2, 0) is 4.79 Å². The van der Waals surface area contributed by atoms with Crippen molar-refractivity contribution in [2.75, 3.05) is 13.7 Å². The number of carbonyl (C=O) groups is 1. The molecule has 8 heteroatoms. The number of rotatable bonds is 5. The average Bonchev–Trinajstić information content (AvgIpc) is 2.98. The van der Waals surface area contributed by atoms with E-state index in [4.69, 9.17) is 9.47 Å². The number of hydrogen-bond acceptors (Lipinski definition) is 5. The maximum absolute atomic E-state index is 13.0. The monoisotopic (exact) mass is 450 g/mol. The summed E-state index contributed by atoms with van der Waals surface area (Å²) in [6.45, 7) is 2.41. The molecule has 1 aliphatic rings. The molecule has 0 aliphatic carbocycles. The smallest absolute Gasteiger partial charge is 0.264 e. The van der Waals surface area contributed by atoms with Crippen LogP contribution in [0.1, 0.15) is 12.5 Å². The molecule has 2 aromatic carbocycles. The van der Waals surface area contributed by atoms with Gasteiger partial charge < -0.3 is 14.8 Å². The fourth-order valence-corrected chi connectivity index (χ4v) is 3.61. The Bertz CT molecular complexity index is 929. The van der Waals surface area contributed by atoms with E-state index in [2.05, 4.69) is 26.2 Å². The summed E-state index contributed by atoms with van der Waals surface area (Å²) in [5, 5.41) is 3.14. The van der Waals surface area contributed by atoms with Gasteiger partial charge in [-0.2, -0.15) is 0 Å². The molecule has 0 radical (unpaired) electrons. The van der Waals surface area contributed by atoms with Gasteiger partial charge in [0.15, 0.2) is 16.7 Å². The second-order valence-corrected chi connectivity index (χ2v) is 7.30. The largest absolute Gasteiger partial charge is 0.493 e. The number of nitrogens with one attached hydrogen (secondary N) is 1. The molecule has 1 aliphatic heterocycles. The van der Waals surface area contributed by atoms with Crippen LogP contribution in [0.4, 0.5) is 10.1 Å². The maximum Gasteiger partial charge on any atom is 0.264 e. The van der Waals surface area contributed by atoms with Gasteiger partial charge in [-0.05, 0) is 66.7 Å². The molecule has 27 heavy (non-hydrogen) atoms. The summed E-state index contributed by atoms with van der Waals surface area (Å²) >= 11 is 4.71. The highest BCUT2D eigenvalue weighted by molar-refractivity contribution is 9.10. The topological polar surface area (TPSA) is 59.9 Å². The van der Waals surface area contributed by atoms with Gasteiger partial charge in [-0.15, -0.1) is 0 Å². The zero-order valence-corrected chi connectivity index (χ0v) is 17.0. The predicted molar refractivity (Wildman–Crippen MR) is 109 cm³/mol. The number of amidine groups is 1. The van der Waals surface area contributed by atoms with E-state index >= 15 is 0 Å². The number of amides is 1.